The number of benzene rings is 1. The van der Waals surface area contributed by atoms with Gasteiger partial charge in [-0.15, -0.1) is 0 Å². The van der Waals surface area contributed by atoms with Crippen LogP contribution in [0.15, 0.2) is 40.5 Å². The van der Waals surface area contributed by atoms with Crippen molar-refractivity contribution >= 4 is 29.3 Å². The van der Waals surface area contributed by atoms with Crippen molar-refractivity contribution in [3.63, 3.8) is 0 Å². The second-order valence-electron chi connectivity index (χ2n) is 3.23. The van der Waals surface area contributed by atoms with E-state index in [1.165, 1.54) is 24.5 Å². The molecule has 0 aliphatic rings. The lowest BCUT2D eigenvalue weighted by molar-refractivity contribution is 0.0696. The van der Waals surface area contributed by atoms with Crippen molar-refractivity contribution in [3.05, 3.63) is 47.1 Å². The highest BCUT2D eigenvalue weighted by Crippen LogP contribution is 2.29. The van der Waals surface area contributed by atoms with E-state index in [2.05, 4.69) is 9.97 Å². The van der Waals surface area contributed by atoms with Crippen LogP contribution < -0.4 is 0 Å². The average molecular weight is 285 g/mol. The summed E-state index contributed by atoms with van der Waals surface area (Å²) in [6, 6.07) is 3.54. The lowest BCUT2D eigenvalue weighted by atomic mass is 10.2. The number of rotatable bonds is 3. The predicted octanol–water partition coefficient (Wildman–Crippen LogP) is 3.12. The van der Waals surface area contributed by atoms with Crippen molar-refractivity contribution in [1.82, 2.24) is 9.97 Å². The fourth-order valence-corrected chi connectivity index (χ4v) is 2.23. The number of carbonyl (C=O) groups is 1. The zero-order chi connectivity index (χ0) is 13.1. The molecule has 18 heavy (non-hydrogen) atoms. The van der Waals surface area contributed by atoms with Gasteiger partial charge in [0.15, 0.2) is 0 Å². The molecule has 2 aromatic rings. The molecule has 0 bridgehead atoms. The molecule has 0 unspecified atom stereocenters. The molecule has 0 fully saturated rings. The van der Waals surface area contributed by atoms with Gasteiger partial charge in [0.2, 0.25) is 0 Å². The summed E-state index contributed by atoms with van der Waals surface area (Å²) in [6.45, 7) is 0. The second kappa shape index (κ2) is 5.32. The zero-order valence-electron chi connectivity index (χ0n) is 8.80. The van der Waals surface area contributed by atoms with Crippen LogP contribution in [-0.4, -0.2) is 21.0 Å². The van der Waals surface area contributed by atoms with Crippen molar-refractivity contribution in [3.8, 4) is 0 Å². The third-order valence-corrected chi connectivity index (χ3v) is 3.10. The molecule has 1 aromatic carbocycles. The van der Waals surface area contributed by atoms with Gasteiger partial charge in [0.05, 0.1) is 22.9 Å². The maximum atomic E-state index is 13.5. The smallest absolute Gasteiger partial charge is 0.335 e. The molecule has 0 aliphatic carbocycles. The number of halogens is 2. The van der Waals surface area contributed by atoms with Gasteiger partial charge in [-0.2, -0.15) is 0 Å². The summed E-state index contributed by atoms with van der Waals surface area (Å²) in [7, 11) is 0. The molecule has 1 N–H and O–H groups in total. The molecule has 2 rings (SSSR count). The molecule has 0 radical (unpaired) electrons. The molecule has 7 heteroatoms. The van der Waals surface area contributed by atoms with E-state index in [0.29, 0.717) is 5.03 Å². The van der Waals surface area contributed by atoms with Gasteiger partial charge in [0, 0.05) is 0 Å². The SMILES string of the molecule is O=C(O)c1ccc(F)c(Sc2cncc(Cl)n2)c1. The number of nitrogens with zero attached hydrogens (tertiary/aromatic N) is 2. The number of hydrogen-bond donors (Lipinski definition) is 1. The summed E-state index contributed by atoms with van der Waals surface area (Å²) in [5, 5.41) is 9.41. The number of carboxylic acid groups (broad SMARTS) is 1. The van der Waals surface area contributed by atoms with Gasteiger partial charge < -0.3 is 5.11 Å². The highest BCUT2D eigenvalue weighted by atomic mass is 35.5. The molecule has 0 amide bonds. The van der Waals surface area contributed by atoms with E-state index in [9.17, 15) is 9.18 Å². The van der Waals surface area contributed by atoms with Crippen molar-refractivity contribution in [2.24, 2.45) is 0 Å². The van der Waals surface area contributed by atoms with Crippen LogP contribution in [0, 0.1) is 5.82 Å². The van der Waals surface area contributed by atoms with Crippen LogP contribution in [0.4, 0.5) is 4.39 Å². The Hall–Kier alpha value is -1.66. The summed E-state index contributed by atoms with van der Waals surface area (Å²) in [6.07, 6.45) is 2.78. The number of hydrogen-bond acceptors (Lipinski definition) is 4. The molecule has 4 nitrogen and oxygen atoms in total. The van der Waals surface area contributed by atoms with Gasteiger partial charge in [-0.05, 0) is 18.2 Å². The number of carboxylic acids is 1. The molecule has 0 saturated heterocycles. The standard InChI is InChI=1S/C11H6ClFN2O2S/c12-9-4-14-5-10(15-9)18-8-3-6(11(16)17)1-2-7(8)13/h1-5H,(H,16,17). The Morgan fingerprint density at radius 2 is 2.17 bits per heavy atom. The minimum Gasteiger partial charge on any atom is -0.478 e. The molecular formula is C11H6ClFN2O2S. The predicted molar refractivity (Wildman–Crippen MR) is 64.5 cm³/mol. The third kappa shape index (κ3) is 2.96. The number of aromatic nitrogens is 2. The van der Waals surface area contributed by atoms with Crippen LogP contribution in [0.25, 0.3) is 0 Å². The van der Waals surface area contributed by atoms with E-state index in [1.807, 2.05) is 0 Å². The van der Waals surface area contributed by atoms with Crippen LogP contribution in [0.2, 0.25) is 5.15 Å². The van der Waals surface area contributed by atoms with E-state index < -0.39 is 11.8 Å². The van der Waals surface area contributed by atoms with Gasteiger partial charge in [0.1, 0.15) is 16.0 Å². The lowest BCUT2D eigenvalue weighted by Gasteiger charge is -2.03. The zero-order valence-corrected chi connectivity index (χ0v) is 10.4. The summed E-state index contributed by atoms with van der Waals surface area (Å²) in [4.78, 5) is 18.7. The highest BCUT2D eigenvalue weighted by molar-refractivity contribution is 7.99. The second-order valence-corrected chi connectivity index (χ2v) is 4.68. The first-order valence-corrected chi connectivity index (χ1v) is 5.94. The van der Waals surface area contributed by atoms with Gasteiger partial charge in [0.25, 0.3) is 0 Å². The Morgan fingerprint density at radius 3 is 2.83 bits per heavy atom. The Balaban J connectivity index is 2.33. The highest BCUT2D eigenvalue weighted by Gasteiger charge is 2.10. The maximum Gasteiger partial charge on any atom is 0.335 e. The Bertz CT molecular complexity index is 609. The monoisotopic (exact) mass is 284 g/mol. The first-order chi connectivity index (χ1) is 8.56. The van der Waals surface area contributed by atoms with E-state index in [0.717, 1.165) is 17.8 Å². The van der Waals surface area contributed by atoms with Crippen molar-refractivity contribution in [2.75, 3.05) is 0 Å². The van der Waals surface area contributed by atoms with Crippen molar-refractivity contribution in [2.45, 2.75) is 9.92 Å². The first kappa shape index (κ1) is 12.8. The minimum absolute atomic E-state index is 0.00823. The lowest BCUT2D eigenvalue weighted by Crippen LogP contribution is -1.97. The molecule has 92 valence electrons. The third-order valence-electron chi connectivity index (χ3n) is 1.98. The van der Waals surface area contributed by atoms with Crippen molar-refractivity contribution < 1.29 is 14.3 Å². The van der Waals surface area contributed by atoms with E-state index in [-0.39, 0.29) is 15.6 Å². The number of aromatic carboxylic acids is 1. The van der Waals surface area contributed by atoms with Gasteiger partial charge in [-0.1, -0.05) is 23.4 Å². The quantitative estimate of drug-likeness (QED) is 0.938. The molecule has 1 aromatic heterocycles. The van der Waals surface area contributed by atoms with Gasteiger partial charge in [-0.3, -0.25) is 4.98 Å². The molecule has 0 saturated carbocycles. The van der Waals surface area contributed by atoms with Crippen LogP contribution in [0.3, 0.4) is 0 Å². The fraction of sp³-hybridized carbons (Fsp3) is 0. The topological polar surface area (TPSA) is 63.1 Å². The molecule has 0 aliphatic heterocycles. The fourth-order valence-electron chi connectivity index (χ4n) is 1.20. The van der Waals surface area contributed by atoms with Crippen LogP contribution >= 0.6 is 23.4 Å². The molecule has 1 heterocycles. The van der Waals surface area contributed by atoms with Gasteiger partial charge >= 0.3 is 5.97 Å². The van der Waals surface area contributed by atoms with Crippen LogP contribution in [0.5, 0.6) is 0 Å². The largest absolute Gasteiger partial charge is 0.478 e. The minimum atomic E-state index is -1.12. The Morgan fingerprint density at radius 1 is 1.39 bits per heavy atom. The summed E-state index contributed by atoms with van der Waals surface area (Å²) in [5.41, 5.74) is 0.00823. The summed E-state index contributed by atoms with van der Waals surface area (Å²) >= 11 is 6.62. The maximum absolute atomic E-state index is 13.5. The van der Waals surface area contributed by atoms with Crippen LogP contribution in [-0.2, 0) is 0 Å². The van der Waals surface area contributed by atoms with Crippen molar-refractivity contribution in [1.29, 1.82) is 0 Å². The summed E-state index contributed by atoms with van der Waals surface area (Å²) < 4.78 is 13.5. The van der Waals surface area contributed by atoms with E-state index in [4.69, 9.17) is 16.7 Å². The molecule has 0 spiro atoms. The molecule has 0 atom stereocenters. The normalized spacial score (nSPS) is 10.3. The first-order valence-electron chi connectivity index (χ1n) is 4.74. The Labute approximate surface area is 111 Å². The van der Waals surface area contributed by atoms with E-state index in [1.54, 1.807) is 0 Å². The van der Waals surface area contributed by atoms with Gasteiger partial charge in [-0.25, -0.2) is 14.2 Å². The van der Waals surface area contributed by atoms with Crippen LogP contribution in [0.1, 0.15) is 10.4 Å². The van der Waals surface area contributed by atoms with E-state index >= 15 is 0 Å². The molecular weight excluding hydrogens is 279 g/mol. The Kier molecular flexibility index (Phi) is 3.78. The summed E-state index contributed by atoms with van der Waals surface area (Å²) in [5.74, 6) is -1.64. The average Bonchev–Trinajstić information content (AvgIpc) is 2.31.